The third-order valence-corrected chi connectivity index (χ3v) is 2.61. The lowest BCUT2D eigenvalue weighted by Crippen LogP contribution is -2.12. The largest absolute Gasteiger partial charge is 0.385 e. The minimum atomic E-state index is -0.343. The average molecular weight is 290 g/mol. The van der Waals surface area contributed by atoms with Crippen molar-refractivity contribution >= 4 is 27.5 Å². The van der Waals surface area contributed by atoms with E-state index in [0.29, 0.717) is 29.6 Å². The molecule has 16 heavy (non-hydrogen) atoms. The van der Waals surface area contributed by atoms with Crippen molar-refractivity contribution in [2.75, 3.05) is 19.0 Å². The number of amides is 1. The predicted molar refractivity (Wildman–Crippen MR) is 63.8 cm³/mol. The Morgan fingerprint density at radius 3 is 2.94 bits per heavy atom. The van der Waals surface area contributed by atoms with Crippen LogP contribution in [0.5, 0.6) is 0 Å². The van der Waals surface area contributed by atoms with Gasteiger partial charge in [-0.05, 0) is 40.5 Å². The van der Waals surface area contributed by atoms with Gasteiger partial charge in [-0.2, -0.15) is 0 Å². The van der Waals surface area contributed by atoms with E-state index in [1.165, 1.54) is 18.2 Å². The molecule has 0 radical (unpaired) electrons. The summed E-state index contributed by atoms with van der Waals surface area (Å²) >= 11 is 3.18. The van der Waals surface area contributed by atoms with Gasteiger partial charge in [0.15, 0.2) is 0 Å². The van der Waals surface area contributed by atoms with Gasteiger partial charge in [0.05, 0.1) is 5.69 Å². The molecule has 0 aliphatic carbocycles. The van der Waals surface area contributed by atoms with Crippen LogP contribution in [0.2, 0.25) is 0 Å². The Hall–Kier alpha value is -0.940. The maximum Gasteiger partial charge on any atom is 0.224 e. The standard InChI is InChI=1S/C11H13BrFNO2/c1-16-6-2-3-11(15)14-10-5-4-8(13)7-9(10)12/h4-5,7H,2-3,6H2,1H3,(H,14,15). The van der Waals surface area contributed by atoms with E-state index in [2.05, 4.69) is 21.2 Å². The van der Waals surface area contributed by atoms with Crippen molar-refractivity contribution in [3.63, 3.8) is 0 Å². The zero-order valence-electron chi connectivity index (χ0n) is 8.93. The van der Waals surface area contributed by atoms with E-state index in [0.717, 1.165) is 0 Å². The summed E-state index contributed by atoms with van der Waals surface area (Å²) < 4.78 is 18.2. The number of rotatable bonds is 5. The van der Waals surface area contributed by atoms with Crippen LogP contribution in [0.15, 0.2) is 22.7 Å². The van der Waals surface area contributed by atoms with E-state index in [1.54, 1.807) is 7.11 Å². The third-order valence-electron chi connectivity index (χ3n) is 1.96. The summed E-state index contributed by atoms with van der Waals surface area (Å²) in [6.45, 7) is 0.554. The number of halogens is 2. The summed E-state index contributed by atoms with van der Waals surface area (Å²) in [5, 5.41) is 2.69. The third kappa shape index (κ3) is 4.28. The number of anilines is 1. The molecule has 88 valence electrons. The van der Waals surface area contributed by atoms with Gasteiger partial charge in [-0.25, -0.2) is 4.39 Å². The molecule has 0 saturated carbocycles. The maximum absolute atomic E-state index is 12.8. The number of nitrogens with one attached hydrogen (secondary N) is 1. The van der Waals surface area contributed by atoms with E-state index in [4.69, 9.17) is 4.74 Å². The van der Waals surface area contributed by atoms with Crippen LogP contribution in [-0.2, 0) is 9.53 Å². The van der Waals surface area contributed by atoms with E-state index in [-0.39, 0.29) is 11.7 Å². The van der Waals surface area contributed by atoms with E-state index >= 15 is 0 Å². The van der Waals surface area contributed by atoms with Crippen LogP contribution in [0.4, 0.5) is 10.1 Å². The first-order chi connectivity index (χ1) is 7.63. The first kappa shape index (κ1) is 13.1. The molecule has 0 fully saturated rings. The molecule has 0 bridgehead atoms. The molecule has 0 aromatic heterocycles. The molecule has 0 atom stereocenters. The molecular weight excluding hydrogens is 277 g/mol. The highest BCUT2D eigenvalue weighted by Crippen LogP contribution is 2.23. The van der Waals surface area contributed by atoms with Crippen LogP contribution in [0, 0.1) is 5.82 Å². The van der Waals surface area contributed by atoms with Crippen LogP contribution in [0.3, 0.4) is 0 Å². The number of benzene rings is 1. The molecule has 0 aliphatic rings. The van der Waals surface area contributed by atoms with Gasteiger partial charge >= 0.3 is 0 Å². The highest BCUT2D eigenvalue weighted by Gasteiger charge is 2.05. The number of carbonyl (C=O) groups excluding carboxylic acids is 1. The van der Waals surface area contributed by atoms with Crippen LogP contribution in [-0.4, -0.2) is 19.6 Å². The molecule has 0 spiro atoms. The van der Waals surface area contributed by atoms with Gasteiger partial charge in [0.2, 0.25) is 5.91 Å². The Morgan fingerprint density at radius 1 is 1.56 bits per heavy atom. The van der Waals surface area contributed by atoms with Crippen molar-refractivity contribution in [2.24, 2.45) is 0 Å². The van der Waals surface area contributed by atoms with Gasteiger partial charge in [-0.3, -0.25) is 4.79 Å². The summed E-state index contributed by atoms with van der Waals surface area (Å²) in [4.78, 5) is 11.4. The second kappa shape index (κ2) is 6.60. The number of carbonyl (C=O) groups is 1. The summed E-state index contributed by atoms with van der Waals surface area (Å²) in [7, 11) is 1.59. The Bertz CT molecular complexity index is 371. The van der Waals surface area contributed by atoms with Gasteiger partial charge in [0, 0.05) is 24.6 Å². The summed E-state index contributed by atoms with van der Waals surface area (Å²) in [6, 6.07) is 4.13. The minimum absolute atomic E-state index is 0.107. The fourth-order valence-corrected chi connectivity index (χ4v) is 1.63. The van der Waals surface area contributed by atoms with Gasteiger partial charge in [-0.15, -0.1) is 0 Å². The van der Waals surface area contributed by atoms with E-state index < -0.39 is 0 Å². The normalized spacial score (nSPS) is 10.2. The van der Waals surface area contributed by atoms with Crippen LogP contribution >= 0.6 is 15.9 Å². The quantitative estimate of drug-likeness (QED) is 0.847. The molecule has 3 nitrogen and oxygen atoms in total. The van der Waals surface area contributed by atoms with Crippen molar-refractivity contribution < 1.29 is 13.9 Å². The number of hydrogen-bond donors (Lipinski definition) is 1. The Labute approximate surface area is 102 Å². The van der Waals surface area contributed by atoms with Crippen LogP contribution in [0.1, 0.15) is 12.8 Å². The number of ether oxygens (including phenoxy) is 1. The fourth-order valence-electron chi connectivity index (χ4n) is 1.18. The van der Waals surface area contributed by atoms with Gasteiger partial charge < -0.3 is 10.1 Å². The van der Waals surface area contributed by atoms with Gasteiger partial charge in [0.25, 0.3) is 0 Å². The lowest BCUT2D eigenvalue weighted by Gasteiger charge is -2.07. The van der Waals surface area contributed by atoms with Crippen molar-refractivity contribution in [2.45, 2.75) is 12.8 Å². The van der Waals surface area contributed by atoms with Crippen molar-refractivity contribution in [1.29, 1.82) is 0 Å². The summed E-state index contributed by atoms with van der Waals surface area (Å²) in [5.74, 6) is -0.450. The number of hydrogen-bond acceptors (Lipinski definition) is 2. The van der Waals surface area contributed by atoms with Crippen molar-refractivity contribution in [3.8, 4) is 0 Å². The molecule has 0 heterocycles. The second-order valence-electron chi connectivity index (χ2n) is 3.27. The molecule has 0 aliphatic heterocycles. The Kier molecular flexibility index (Phi) is 5.42. The summed E-state index contributed by atoms with van der Waals surface area (Å²) in [6.07, 6.45) is 1.05. The zero-order valence-corrected chi connectivity index (χ0v) is 10.5. The van der Waals surface area contributed by atoms with E-state index in [9.17, 15) is 9.18 Å². The molecule has 1 amide bonds. The van der Waals surface area contributed by atoms with Gasteiger partial charge in [-0.1, -0.05) is 0 Å². The van der Waals surface area contributed by atoms with E-state index in [1.807, 2.05) is 0 Å². The van der Waals surface area contributed by atoms with Gasteiger partial charge in [0.1, 0.15) is 5.82 Å². The Morgan fingerprint density at radius 2 is 2.31 bits per heavy atom. The first-order valence-electron chi connectivity index (χ1n) is 4.87. The zero-order chi connectivity index (χ0) is 12.0. The molecular formula is C11H13BrFNO2. The average Bonchev–Trinajstić information content (AvgIpc) is 2.23. The maximum atomic E-state index is 12.8. The molecule has 1 rings (SSSR count). The molecule has 1 aromatic rings. The molecule has 5 heteroatoms. The fraction of sp³-hybridized carbons (Fsp3) is 0.364. The highest BCUT2D eigenvalue weighted by molar-refractivity contribution is 9.10. The first-order valence-corrected chi connectivity index (χ1v) is 5.66. The SMILES string of the molecule is COCCCC(=O)Nc1ccc(F)cc1Br. The monoisotopic (exact) mass is 289 g/mol. The number of methoxy groups -OCH3 is 1. The lowest BCUT2D eigenvalue weighted by atomic mass is 10.2. The van der Waals surface area contributed by atoms with Crippen molar-refractivity contribution in [3.05, 3.63) is 28.5 Å². The second-order valence-corrected chi connectivity index (χ2v) is 4.12. The predicted octanol–water partition coefficient (Wildman–Crippen LogP) is 2.95. The van der Waals surface area contributed by atoms with Crippen LogP contribution < -0.4 is 5.32 Å². The Balaban J connectivity index is 2.49. The van der Waals surface area contributed by atoms with Crippen molar-refractivity contribution in [1.82, 2.24) is 0 Å². The molecule has 0 saturated heterocycles. The highest BCUT2D eigenvalue weighted by atomic mass is 79.9. The molecule has 1 N–H and O–H groups in total. The molecule has 1 aromatic carbocycles. The lowest BCUT2D eigenvalue weighted by molar-refractivity contribution is -0.116. The smallest absolute Gasteiger partial charge is 0.224 e. The minimum Gasteiger partial charge on any atom is -0.385 e. The van der Waals surface area contributed by atoms with Crippen LogP contribution in [0.25, 0.3) is 0 Å². The topological polar surface area (TPSA) is 38.3 Å². The molecule has 0 unspecified atom stereocenters. The summed E-state index contributed by atoms with van der Waals surface area (Å²) in [5.41, 5.74) is 0.573.